The van der Waals surface area contributed by atoms with Crippen molar-refractivity contribution >= 4 is 29.4 Å². The molecule has 2 fully saturated rings. The number of aromatic hydroxyl groups is 1. The highest BCUT2D eigenvalue weighted by molar-refractivity contribution is 8.00. The van der Waals surface area contributed by atoms with Crippen molar-refractivity contribution in [3.8, 4) is 22.8 Å². The van der Waals surface area contributed by atoms with Crippen LogP contribution in [0, 0.1) is 11.7 Å². The number of halogens is 1. The standard InChI is InChI=1S/C43H41FN8O14S/c44-20-3-1-2-18(10-20)27-15-51(49-46-27)34-36(57)30(16-53)65-42(38(34)59)67-43-39(60)35(37(58)31(17-54)66-43)52-48-32(47-50-52)14-45-40(61)19-4-7-23(26(11-19)41(62)63)33-24-8-5-21(55)12-28(24)64-29-13-22(56)6-9-25(29)33/h1-13,15,24,30-31,33-39,42-43,53-54,56-60H,14,16-17H2,(H,45,61)(H,62,63)/t24?,30-,31-,33?,34?,35?,36+,37?,38?,39-,42+,43+/m1/s1. The maximum absolute atomic E-state index is 13.9. The molecule has 5 aromatic rings. The van der Waals surface area contributed by atoms with Gasteiger partial charge in [-0.15, -0.1) is 15.3 Å². The molecule has 6 unspecified atom stereocenters. The Balaban J connectivity index is 0.901. The number of fused-ring (bicyclic) bond motifs is 2. The lowest BCUT2D eigenvalue weighted by molar-refractivity contribution is -0.190. The van der Waals surface area contributed by atoms with Crippen LogP contribution in [0.1, 0.15) is 55.7 Å². The topological polar surface area (TPSA) is 327 Å². The fourth-order valence-electron chi connectivity index (χ4n) is 8.65. The summed E-state index contributed by atoms with van der Waals surface area (Å²) >= 11 is 0.713. The highest BCUT2D eigenvalue weighted by Crippen LogP contribution is 2.49. The van der Waals surface area contributed by atoms with Gasteiger partial charge in [0.25, 0.3) is 5.91 Å². The first-order chi connectivity index (χ1) is 32.2. The molecule has 1 amide bonds. The van der Waals surface area contributed by atoms with Gasteiger partial charge in [-0.1, -0.05) is 47.3 Å². The fourth-order valence-corrected chi connectivity index (χ4v) is 9.97. The number of rotatable bonds is 12. The highest BCUT2D eigenvalue weighted by Gasteiger charge is 2.52. The first-order valence-electron chi connectivity index (χ1n) is 20.7. The number of thioether (sulfide) groups is 1. The predicted octanol–water partition coefficient (Wildman–Crippen LogP) is -0.0386. The third kappa shape index (κ3) is 8.81. The zero-order chi connectivity index (χ0) is 47.3. The summed E-state index contributed by atoms with van der Waals surface area (Å²) < 4.78 is 32.7. The number of aromatic carboxylic acids is 1. The second-order valence-electron chi connectivity index (χ2n) is 16.1. The van der Waals surface area contributed by atoms with E-state index in [2.05, 4.69) is 31.0 Å². The molecule has 24 heteroatoms. The SMILES string of the molecule is O=C1C=CC2C(=C1)Oc1cc(O)ccc1C2c1ccc(C(=O)NCc2nnn(C3C(O)[C@@H](CO)O[C@@H](S[C@@H]4O[C@H](CO)[C@H](O)C(n5cc(-c6cccc(F)c6)nn5)C4O)[C@@H]3O)n2)cc1C(=O)O. The molecule has 9 N–H and O–H groups in total. The number of hydrogen-bond donors (Lipinski definition) is 9. The van der Waals surface area contributed by atoms with E-state index in [4.69, 9.17) is 14.2 Å². The number of aliphatic hydroxyl groups excluding tert-OH is 6. The summed E-state index contributed by atoms with van der Waals surface area (Å²) in [5.74, 6) is -3.85. The molecule has 4 aliphatic rings. The molecule has 67 heavy (non-hydrogen) atoms. The number of carbonyl (C=O) groups excluding carboxylic acids is 2. The minimum atomic E-state index is -1.68. The van der Waals surface area contributed by atoms with E-state index in [1.807, 2.05) is 0 Å². The first-order valence-corrected chi connectivity index (χ1v) is 21.6. The molecule has 1 aliphatic carbocycles. The van der Waals surface area contributed by atoms with Crippen LogP contribution in [-0.4, -0.2) is 154 Å². The van der Waals surface area contributed by atoms with Crippen molar-refractivity contribution in [3.05, 3.63) is 125 Å². The number of phenols is 1. The third-order valence-corrected chi connectivity index (χ3v) is 13.2. The molecule has 0 saturated carbocycles. The van der Waals surface area contributed by atoms with Gasteiger partial charge in [0.15, 0.2) is 11.6 Å². The maximum Gasteiger partial charge on any atom is 0.336 e. The van der Waals surface area contributed by atoms with Crippen LogP contribution in [0.25, 0.3) is 11.3 Å². The van der Waals surface area contributed by atoms with Gasteiger partial charge in [-0.05, 0) is 47.2 Å². The van der Waals surface area contributed by atoms with Gasteiger partial charge < -0.3 is 60.4 Å². The van der Waals surface area contributed by atoms with Crippen molar-refractivity contribution in [2.75, 3.05) is 13.2 Å². The molecule has 350 valence electrons. The second-order valence-corrected chi connectivity index (χ2v) is 17.3. The van der Waals surface area contributed by atoms with Gasteiger partial charge in [0.05, 0.1) is 31.5 Å². The van der Waals surface area contributed by atoms with Crippen molar-refractivity contribution in [2.45, 2.75) is 72.0 Å². The Bertz CT molecular complexity index is 2770. The normalized spacial score (nSPS) is 29.1. The highest BCUT2D eigenvalue weighted by atomic mass is 32.2. The molecule has 9 rings (SSSR count). The fraction of sp³-hybridized carbons (Fsp3) is 0.349. The van der Waals surface area contributed by atoms with E-state index in [1.54, 1.807) is 18.2 Å². The van der Waals surface area contributed by atoms with Gasteiger partial charge in [0.1, 0.15) is 88.3 Å². The summed E-state index contributed by atoms with van der Waals surface area (Å²) in [6.07, 6.45) is -3.40. The van der Waals surface area contributed by atoms with Crippen molar-refractivity contribution in [2.24, 2.45) is 5.92 Å². The van der Waals surface area contributed by atoms with Gasteiger partial charge in [0.2, 0.25) is 0 Å². The van der Waals surface area contributed by atoms with Crippen LogP contribution in [0.2, 0.25) is 0 Å². The minimum Gasteiger partial charge on any atom is -0.508 e. The van der Waals surface area contributed by atoms with Crippen molar-refractivity contribution < 1.29 is 73.8 Å². The molecule has 0 bridgehead atoms. The first kappa shape index (κ1) is 45.7. The molecule has 0 spiro atoms. The zero-order valence-corrected chi connectivity index (χ0v) is 35.4. The number of allylic oxidation sites excluding steroid dienone is 3. The lowest BCUT2D eigenvalue weighted by atomic mass is 9.74. The number of aliphatic hydroxyl groups is 6. The number of carboxylic acids is 1. The number of ketones is 1. The van der Waals surface area contributed by atoms with Gasteiger partial charge >= 0.3 is 5.97 Å². The lowest BCUT2D eigenvalue weighted by Gasteiger charge is -2.45. The molecule has 3 aromatic carbocycles. The number of tetrazole rings is 1. The van der Waals surface area contributed by atoms with Crippen molar-refractivity contribution in [1.82, 2.24) is 40.5 Å². The molecule has 2 saturated heterocycles. The quantitative estimate of drug-likeness (QED) is 0.0792. The van der Waals surface area contributed by atoms with Crippen LogP contribution in [0.15, 0.2) is 90.8 Å². The van der Waals surface area contributed by atoms with Crippen LogP contribution < -0.4 is 10.1 Å². The molecule has 12 atom stereocenters. The summed E-state index contributed by atoms with van der Waals surface area (Å²) in [6, 6.07) is 11.3. The Morgan fingerprint density at radius 1 is 0.851 bits per heavy atom. The van der Waals surface area contributed by atoms with Gasteiger partial charge in [-0.25, -0.2) is 13.9 Å². The Hall–Kier alpha value is -6.48. The average molecular weight is 945 g/mol. The summed E-state index contributed by atoms with van der Waals surface area (Å²) in [4.78, 5) is 39.3. The van der Waals surface area contributed by atoms with Gasteiger partial charge in [0, 0.05) is 40.7 Å². The predicted molar refractivity (Wildman–Crippen MR) is 225 cm³/mol. The van der Waals surface area contributed by atoms with Crippen LogP contribution in [0.4, 0.5) is 4.39 Å². The Morgan fingerprint density at radius 2 is 1.57 bits per heavy atom. The molecule has 5 heterocycles. The van der Waals surface area contributed by atoms with Crippen molar-refractivity contribution in [3.63, 3.8) is 0 Å². The number of ether oxygens (including phenoxy) is 3. The van der Waals surface area contributed by atoms with E-state index in [-0.39, 0.29) is 52.2 Å². The third-order valence-electron chi connectivity index (χ3n) is 11.9. The molecular weight excluding hydrogens is 904 g/mol. The van der Waals surface area contributed by atoms with Crippen LogP contribution in [0.3, 0.4) is 0 Å². The Kier molecular flexibility index (Phi) is 12.7. The number of hydrogen-bond acceptors (Lipinski definition) is 19. The van der Waals surface area contributed by atoms with Gasteiger partial charge in [-0.3, -0.25) is 9.59 Å². The number of benzene rings is 3. The molecule has 22 nitrogen and oxygen atoms in total. The largest absolute Gasteiger partial charge is 0.508 e. The summed E-state index contributed by atoms with van der Waals surface area (Å²) in [5.41, 5.74) is -1.51. The van der Waals surface area contributed by atoms with Crippen LogP contribution in [-0.2, 0) is 20.8 Å². The molecule has 0 radical (unpaired) electrons. The van der Waals surface area contributed by atoms with E-state index >= 15 is 0 Å². The minimum absolute atomic E-state index is 0.0428. The van der Waals surface area contributed by atoms with E-state index in [9.17, 15) is 59.6 Å². The van der Waals surface area contributed by atoms with E-state index in [1.165, 1.54) is 66.9 Å². The number of amides is 1. The smallest absolute Gasteiger partial charge is 0.336 e. The zero-order valence-electron chi connectivity index (χ0n) is 34.6. The average Bonchev–Trinajstić information content (AvgIpc) is 4.00. The lowest BCUT2D eigenvalue weighted by Crippen LogP contribution is -2.58. The second kappa shape index (κ2) is 18.7. The molecule has 3 aliphatic heterocycles. The summed E-state index contributed by atoms with van der Waals surface area (Å²) in [7, 11) is 0. The maximum atomic E-state index is 13.9. The number of nitrogens with one attached hydrogen (secondary N) is 1. The summed E-state index contributed by atoms with van der Waals surface area (Å²) in [5, 5.41) is 109. The molecular formula is C43H41FN8O14S. The van der Waals surface area contributed by atoms with E-state index in [0.29, 0.717) is 28.5 Å². The van der Waals surface area contributed by atoms with E-state index in [0.717, 1.165) is 9.48 Å². The Morgan fingerprint density at radius 3 is 2.28 bits per heavy atom. The van der Waals surface area contributed by atoms with Crippen LogP contribution in [0.5, 0.6) is 11.5 Å². The number of carbonyl (C=O) groups is 3. The number of aromatic nitrogens is 7. The number of carboxylic acid groups (broad SMARTS) is 1. The Labute approximate surface area is 381 Å². The number of nitrogens with zero attached hydrogens (tertiary/aromatic N) is 7. The van der Waals surface area contributed by atoms with Crippen LogP contribution >= 0.6 is 11.8 Å². The van der Waals surface area contributed by atoms with E-state index < -0.39 is 102 Å². The van der Waals surface area contributed by atoms with Gasteiger partial charge in [-0.2, -0.15) is 4.80 Å². The number of phenolic OH excluding ortho intramolecular Hbond substituents is 1. The monoisotopic (exact) mass is 944 g/mol. The molecule has 2 aromatic heterocycles. The van der Waals surface area contributed by atoms with Crippen molar-refractivity contribution in [1.29, 1.82) is 0 Å². The summed E-state index contributed by atoms with van der Waals surface area (Å²) in [6.45, 7) is -1.80.